The average Bonchev–Trinajstić information content (AvgIpc) is 3.30. The van der Waals surface area contributed by atoms with Crippen molar-refractivity contribution in [1.82, 2.24) is 14.9 Å². The molecule has 0 saturated carbocycles. The zero-order chi connectivity index (χ0) is 24.1. The fourth-order valence-electron chi connectivity index (χ4n) is 3.42. The van der Waals surface area contributed by atoms with Crippen molar-refractivity contribution >= 4 is 59.1 Å². The third kappa shape index (κ3) is 7.04. The summed E-state index contributed by atoms with van der Waals surface area (Å²) in [5.74, 6) is 0.170. The third-order valence-corrected chi connectivity index (χ3v) is 5.39. The molecule has 3 aromatic rings. The van der Waals surface area contributed by atoms with Gasteiger partial charge in [-0.05, 0) is 38.4 Å². The van der Waals surface area contributed by atoms with Crippen molar-refractivity contribution in [3.8, 4) is 5.75 Å². The number of likely N-dealkylation sites (N-methyl/N-ethyl adjacent to an activating group) is 1. The minimum atomic E-state index is -0.509. The van der Waals surface area contributed by atoms with Gasteiger partial charge in [0, 0.05) is 36.2 Å². The van der Waals surface area contributed by atoms with E-state index in [2.05, 4.69) is 20.6 Å². The number of carbonyl (C=O) groups excluding carboxylic acids is 1. The fraction of sp³-hybridized carbons (Fsp3) is 0.292. The number of halogens is 2. The number of aromatic nitrogens is 2. The van der Waals surface area contributed by atoms with Crippen LogP contribution in [0.2, 0.25) is 5.02 Å². The van der Waals surface area contributed by atoms with Crippen LogP contribution in [0.15, 0.2) is 48.8 Å². The van der Waals surface area contributed by atoms with E-state index in [0.717, 1.165) is 6.42 Å². The topological polar surface area (TPSA) is 88.6 Å². The first-order valence-corrected chi connectivity index (χ1v) is 11.1. The van der Waals surface area contributed by atoms with Crippen LogP contribution in [0.25, 0.3) is 10.9 Å². The molecule has 8 nitrogen and oxygen atoms in total. The first-order valence-electron chi connectivity index (χ1n) is 10.8. The standard InChI is InChI=1S/C24H25ClFN5O3.H2S/c1-31(2)8-3-4-23(32)30-21-11-17-20(12-22(21)34-16-7-9-33-13-16)27-14-28-24(17)29-15-5-6-19(26)18(25)10-15;/h3-6,10-12,14,16H,7-9,13H2,1-2H3,(H,30,32)(H,27,28,29);1H2/b4-3+;/t16-;/m0./s1. The summed E-state index contributed by atoms with van der Waals surface area (Å²) < 4.78 is 25.1. The maximum Gasteiger partial charge on any atom is 0.248 e. The lowest BCUT2D eigenvalue weighted by Gasteiger charge is -2.17. The summed E-state index contributed by atoms with van der Waals surface area (Å²) in [5, 5.41) is 6.67. The monoisotopic (exact) mass is 519 g/mol. The van der Waals surface area contributed by atoms with Gasteiger partial charge in [0.15, 0.2) is 0 Å². The fourth-order valence-corrected chi connectivity index (χ4v) is 3.60. The van der Waals surface area contributed by atoms with Crippen LogP contribution in [0.1, 0.15) is 6.42 Å². The van der Waals surface area contributed by atoms with Crippen molar-refractivity contribution in [1.29, 1.82) is 0 Å². The van der Waals surface area contributed by atoms with Crippen molar-refractivity contribution in [3.63, 3.8) is 0 Å². The predicted octanol–water partition coefficient (Wildman–Crippen LogP) is 4.50. The Morgan fingerprint density at radius 1 is 1.31 bits per heavy atom. The highest BCUT2D eigenvalue weighted by Gasteiger charge is 2.20. The number of nitrogens with zero attached hydrogens (tertiary/aromatic N) is 3. The molecular formula is C24H27ClFN5O3S. The van der Waals surface area contributed by atoms with Crippen LogP contribution in [0.4, 0.5) is 21.6 Å². The maximum absolute atomic E-state index is 13.6. The summed E-state index contributed by atoms with van der Waals surface area (Å²) in [6.45, 7) is 1.75. The summed E-state index contributed by atoms with van der Waals surface area (Å²) in [5.41, 5.74) is 1.65. The molecule has 1 fully saturated rings. The Balaban J connectivity index is 0.00000342. The molecule has 1 atom stereocenters. The normalized spacial score (nSPS) is 15.4. The predicted molar refractivity (Wildman–Crippen MR) is 141 cm³/mol. The summed E-state index contributed by atoms with van der Waals surface area (Å²) in [4.78, 5) is 23.2. The van der Waals surface area contributed by atoms with Crippen molar-refractivity contribution in [2.75, 3.05) is 44.5 Å². The van der Waals surface area contributed by atoms with Crippen molar-refractivity contribution < 1.29 is 18.7 Å². The van der Waals surface area contributed by atoms with E-state index in [1.54, 1.807) is 24.3 Å². The van der Waals surface area contributed by atoms with Gasteiger partial charge >= 0.3 is 0 Å². The Labute approximate surface area is 214 Å². The van der Waals surface area contributed by atoms with E-state index in [-0.39, 0.29) is 30.5 Å². The Hall–Kier alpha value is -2.92. The maximum atomic E-state index is 13.6. The van der Waals surface area contributed by atoms with Gasteiger partial charge in [-0.25, -0.2) is 14.4 Å². The average molecular weight is 520 g/mol. The van der Waals surface area contributed by atoms with Crippen LogP contribution in [0.3, 0.4) is 0 Å². The zero-order valence-corrected chi connectivity index (χ0v) is 21.1. The molecule has 1 amide bonds. The van der Waals surface area contributed by atoms with Gasteiger partial charge in [0.05, 0.1) is 29.4 Å². The molecule has 2 heterocycles. The van der Waals surface area contributed by atoms with E-state index in [4.69, 9.17) is 21.1 Å². The third-order valence-electron chi connectivity index (χ3n) is 5.10. The lowest BCUT2D eigenvalue weighted by molar-refractivity contribution is -0.111. The highest BCUT2D eigenvalue weighted by atomic mass is 35.5. The number of ether oxygens (including phenoxy) is 2. The molecule has 1 saturated heterocycles. The first kappa shape index (κ1) is 26.7. The minimum Gasteiger partial charge on any atom is -0.486 e. The molecule has 11 heteroatoms. The molecule has 0 spiro atoms. The first-order chi connectivity index (χ1) is 16.4. The van der Waals surface area contributed by atoms with Gasteiger partial charge in [0.2, 0.25) is 5.91 Å². The number of benzene rings is 2. The van der Waals surface area contributed by atoms with Gasteiger partial charge in [-0.3, -0.25) is 4.79 Å². The molecule has 2 N–H and O–H groups in total. The van der Waals surface area contributed by atoms with E-state index in [1.165, 1.54) is 24.5 Å². The molecular weight excluding hydrogens is 493 g/mol. The number of hydrogen-bond donors (Lipinski definition) is 2. The summed E-state index contributed by atoms with van der Waals surface area (Å²) >= 11 is 5.91. The lowest BCUT2D eigenvalue weighted by Crippen LogP contribution is -2.18. The number of anilines is 3. The molecule has 2 aromatic carbocycles. The van der Waals surface area contributed by atoms with Crippen LogP contribution >= 0.6 is 25.1 Å². The molecule has 0 radical (unpaired) electrons. The van der Waals surface area contributed by atoms with Crippen LogP contribution in [-0.2, 0) is 9.53 Å². The largest absolute Gasteiger partial charge is 0.486 e. The number of amides is 1. The van der Waals surface area contributed by atoms with Gasteiger partial charge in [0.25, 0.3) is 0 Å². The Morgan fingerprint density at radius 2 is 2.14 bits per heavy atom. The van der Waals surface area contributed by atoms with Gasteiger partial charge < -0.3 is 25.0 Å². The quantitative estimate of drug-likeness (QED) is 0.423. The van der Waals surface area contributed by atoms with E-state index in [1.807, 2.05) is 19.0 Å². The van der Waals surface area contributed by atoms with Crippen LogP contribution in [-0.4, -0.2) is 60.7 Å². The Bertz CT molecular complexity index is 1220. The Kier molecular flexibility index (Phi) is 9.27. The number of fused-ring (bicyclic) bond motifs is 1. The summed E-state index contributed by atoms with van der Waals surface area (Å²) in [6.07, 6.45) is 5.32. The molecule has 1 aromatic heterocycles. The highest BCUT2D eigenvalue weighted by Crippen LogP contribution is 2.35. The molecule has 0 unspecified atom stereocenters. The molecule has 0 bridgehead atoms. The molecule has 186 valence electrons. The highest BCUT2D eigenvalue weighted by molar-refractivity contribution is 7.59. The second kappa shape index (κ2) is 12.2. The zero-order valence-electron chi connectivity index (χ0n) is 19.3. The number of rotatable bonds is 8. The van der Waals surface area contributed by atoms with E-state index in [0.29, 0.717) is 53.6 Å². The van der Waals surface area contributed by atoms with Crippen LogP contribution in [0, 0.1) is 5.82 Å². The smallest absolute Gasteiger partial charge is 0.248 e. The number of carbonyl (C=O) groups is 1. The van der Waals surface area contributed by atoms with E-state index >= 15 is 0 Å². The van der Waals surface area contributed by atoms with Crippen LogP contribution < -0.4 is 15.4 Å². The van der Waals surface area contributed by atoms with Crippen molar-refractivity contribution in [3.05, 3.63) is 59.7 Å². The van der Waals surface area contributed by atoms with Gasteiger partial charge in [-0.15, -0.1) is 0 Å². The molecule has 35 heavy (non-hydrogen) atoms. The molecule has 1 aliphatic heterocycles. The van der Waals surface area contributed by atoms with Gasteiger partial charge in [-0.2, -0.15) is 13.5 Å². The minimum absolute atomic E-state index is 0. The SMILES string of the molecule is CN(C)C/C=C/C(=O)Nc1cc2c(Nc3ccc(F)c(Cl)c3)ncnc2cc1O[C@H]1CCOC1.S. The van der Waals surface area contributed by atoms with Crippen LogP contribution in [0.5, 0.6) is 5.75 Å². The number of nitrogens with one attached hydrogen (secondary N) is 2. The second-order valence-electron chi connectivity index (χ2n) is 8.10. The van der Waals surface area contributed by atoms with Crippen molar-refractivity contribution in [2.24, 2.45) is 0 Å². The molecule has 0 aliphatic carbocycles. The number of hydrogen-bond acceptors (Lipinski definition) is 7. The summed E-state index contributed by atoms with van der Waals surface area (Å²) in [6, 6.07) is 7.82. The molecule has 1 aliphatic rings. The second-order valence-corrected chi connectivity index (χ2v) is 8.51. The lowest BCUT2D eigenvalue weighted by atomic mass is 10.1. The van der Waals surface area contributed by atoms with E-state index in [9.17, 15) is 9.18 Å². The van der Waals surface area contributed by atoms with E-state index < -0.39 is 5.82 Å². The van der Waals surface area contributed by atoms with Gasteiger partial charge in [-0.1, -0.05) is 17.7 Å². The molecule has 4 rings (SSSR count). The van der Waals surface area contributed by atoms with Gasteiger partial charge in [0.1, 0.15) is 29.8 Å². The summed E-state index contributed by atoms with van der Waals surface area (Å²) in [7, 11) is 3.84. The Morgan fingerprint density at radius 3 is 2.86 bits per heavy atom. The van der Waals surface area contributed by atoms with Crippen molar-refractivity contribution in [2.45, 2.75) is 12.5 Å².